The maximum absolute atomic E-state index is 4.33. The van der Waals surface area contributed by atoms with Gasteiger partial charge in [0, 0.05) is 12.2 Å². The van der Waals surface area contributed by atoms with Gasteiger partial charge < -0.3 is 5.32 Å². The van der Waals surface area contributed by atoms with Crippen molar-refractivity contribution in [2.24, 2.45) is 0 Å². The molecule has 2 aromatic heterocycles. The first-order chi connectivity index (χ1) is 8.24. The minimum Gasteiger partial charge on any atom is -0.307 e. The lowest BCUT2D eigenvalue weighted by Crippen LogP contribution is -2.23. The molecule has 2 rings (SSSR count). The second kappa shape index (κ2) is 5.01. The lowest BCUT2D eigenvalue weighted by atomic mass is 10.1. The van der Waals surface area contributed by atoms with Crippen LogP contribution in [0, 0.1) is 0 Å². The van der Waals surface area contributed by atoms with Gasteiger partial charge in [-0.25, -0.2) is 9.67 Å². The molecule has 0 saturated carbocycles. The van der Waals surface area contributed by atoms with Gasteiger partial charge in [0.05, 0.1) is 12.2 Å². The average Bonchev–Trinajstić information content (AvgIpc) is 2.81. The van der Waals surface area contributed by atoms with E-state index < -0.39 is 0 Å². The monoisotopic (exact) mass is 232 g/mol. The molecular weight excluding hydrogens is 216 g/mol. The molecule has 0 aliphatic carbocycles. The van der Waals surface area contributed by atoms with Crippen LogP contribution in [0.2, 0.25) is 0 Å². The molecule has 0 aliphatic rings. The van der Waals surface area contributed by atoms with Crippen LogP contribution >= 0.6 is 0 Å². The topological polar surface area (TPSA) is 68.5 Å². The van der Waals surface area contributed by atoms with Gasteiger partial charge in [-0.15, -0.1) is 0 Å². The molecule has 0 saturated heterocycles. The Balaban J connectivity index is 2.39. The highest BCUT2D eigenvalue weighted by atomic mass is 15.4. The molecule has 0 spiro atoms. The van der Waals surface area contributed by atoms with Crippen LogP contribution in [0.15, 0.2) is 24.8 Å². The van der Waals surface area contributed by atoms with Crippen molar-refractivity contribution >= 4 is 0 Å². The highest BCUT2D eigenvalue weighted by molar-refractivity contribution is 5.19. The number of nitrogens with zero attached hydrogens (tertiary/aromatic N) is 5. The zero-order valence-electron chi connectivity index (χ0n) is 10.2. The molecule has 0 aliphatic heterocycles. The van der Waals surface area contributed by atoms with Gasteiger partial charge in [0.15, 0.2) is 0 Å². The Hall–Kier alpha value is -1.82. The zero-order chi connectivity index (χ0) is 12.3. The first kappa shape index (κ1) is 11.7. The van der Waals surface area contributed by atoms with E-state index in [4.69, 9.17) is 0 Å². The van der Waals surface area contributed by atoms with E-state index in [2.05, 4.69) is 39.4 Å². The van der Waals surface area contributed by atoms with Crippen LogP contribution in [-0.2, 0) is 0 Å². The summed E-state index contributed by atoms with van der Waals surface area (Å²) in [5.74, 6) is 0.885. The molecule has 2 aromatic rings. The number of hydrogen-bond acceptors (Lipinski definition) is 5. The smallest absolute Gasteiger partial charge is 0.148 e. The molecule has 0 radical (unpaired) electrons. The van der Waals surface area contributed by atoms with E-state index >= 15 is 0 Å². The summed E-state index contributed by atoms with van der Waals surface area (Å²) in [6, 6.07) is 2.18. The van der Waals surface area contributed by atoms with E-state index in [-0.39, 0.29) is 12.1 Å². The largest absolute Gasteiger partial charge is 0.307 e. The minimum absolute atomic E-state index is 0.0181. The predicted octanol–water partition coefficient (Wildman–Crippen LogP) is 0.958. The van der Waals surface area contributed by atoms with Gasteiger partial charge in [0.25, 0.3) is 0 Å². The van der Waals surface area contributed by atoms with Gasteiger partial charge in [-0.05, 0) is 32.5 Å². The molecule has 1 N–H and O–H groups in total. The third-order valence-corrected chi connectivity index (χ3v) is 2.58. The summed E-state index contributed by atoms with van der Waals surface area (Å²) in [4.78, 5) is 4.33. The predicted molar refractivity (Wildman–Crippen MR) is 63.3 cm³/mol. The van der Waals surface area contributed by atoms with Crippen LogP contribution in [0.3, 0.4) is 0 Å². The summed E-state index contributed by atoms with van der Waals surface area (Å²) in [5, 5.41) is 15.1. The molecule has 0 fully saturated rings. The Morgan fingerprint density at radius 2 is 2.12 bits per heavy atom. The molecular formula is C11H16N6. The Kier molecular flexibility index (Phi) is 3.43. The van der Waals surface area contributed by atoms with Crippen LogP contribution in [0.1, 0.15) is 37.3 Å². The van der Waals surface area contributed by atoms with E-state index in [1.165, 1.54) is 0 Å². The zero-order valence-corrected chi connectivity index (χ0v) is 10.2. The summed E-state index contributed by atoms with van der Waals surface area (Å²) in [6.45, 7) is 4.16. The van der Waals surface area contributed by atoms with E-state index in [1.54, 1.807) is 18.7 Å². The fourth-order valence-corrected chi connectivity index (χ4v) is 1.78. The Morgan fingerprint density at radius 3 is 2.71 bits per heavy atom. The maximum Gasteiger partial charge on any atom is 0.148 e. The number of rotatable bonds is 4. The fraction of sp³-hybridized carbons (Fsp3) is 0.455. The van der Waals surface area contributed by atoms with Crippen molar-refractivity contribution in [1.29, 1.82) is 0 Å². The first-order valence-electron chi connectivity index (χ1n) is 5.57. The Bertz CT molecular complexity index is 464. The SMILES string of the molecule is CNC(c1ccnnc1)c1ncnn1C(C)C. The summed E-state index contributed by atoms with van der Waals surface area (Å²) >= 11 is 0. The van der Waals surface area contributed by atoms with Crippen LogP contribution < -0.4 is 5.32 Å². The second-order valence-electron chi connectivity index (χ2n) is 4.05. The standard InChI is InChI=1S/C11H16N6/c1-8(2)17-11(13-7-16-17)10(12-3)9-4-5-14-15-6-9/h4-8,10,12H,1-3H3. The van der Waals surface area contributed by atoms with Gasteiger partial charge in [-0.2, -0.15) is 15.3 Å². The fourth-order valence-electron chi connectivity index (χ4n) is 1.78. The van der Waals surface area contributed by atoms with Gasteiger partial charge >= 0.3 is 0 Å². The number of aromatic nitrogens is 5. The van der Waals surface area contributed by atoms with Crippen LogP contribution in [-0.4, -0.2) is 32.0 Å². The van der Waals surface area contributed by atoms with Crippen molar-refractivity contribution in [2.45, 2.75) is 25.9 Å². The molecule has 1 unspecified atom stereocenters. The Labute approximate surface area is 100 Å². The van der Waals surface area contributed by atoms with E-state index in [9.17, 15) is 0 Å². The molecule has 6 nitrogen and oxygen atoms in total. The number of hydrogen-bond donors (Lipinski definition) is 1. The van der Waals surface area contributed by atoms with Crippen molar-refractivity contribution in [2.75, 3.05) is 7.05 Å². The van der Waals surface area contributed by atoms with Crippen molar-refractivity contribution in [3.05, 3.63) is 36.2 Å². The van der Waals surface area contributed by atoms with Gasteiger partial charge in [0.2, 0.25) is 0 Å². The van der Waals surface area contributed by atoms with Crippen LogP contribution in [0.5, 0.6) is 0 Å². The number of nitrogens with one attached hydrogen (secondary N) is 1. The van der Waals surface area contributed by atoms with Gasteiger partial charge in [-0.1, -0.05) is 0 Å². The van der Waals surface area contributed by atoms with Crippen LogP contribution in [0.4, 0.5) is 0 Å². The van der Waals surface area contributed by atoms with Gasteiger partial charge in [-0.3, -0.25) is 0 Å². The molecule has 6 heteroatoms. The molecule has 17 heavy (non-hydrogen) atoms. The van der Waals surface area contributed by atoms with Gasteiger partial charge in [0.1, 0.15) is 12.2 Å². The molecule has 0 bridgehead atoms. The molecule has 2 heterocycles. The van der Waals surface area contributed by atoms with Crippen molar-refractivity contribution in [3.63, 3.8) is 0 Å². The maximum atomic E-state index is 4.33. The molecule has 0 amide bonds. The van der Waals surface area contributed by atoms with Crippen LogP contribution in [0.25, 0.3) is 0 Å². The van der Waals surface area contributed by atoms with E-state index in [1.807, 2.05) is 17.8 Å². The minimum atomic E-state index is -0.0181. The second-order valence-corrected chi connectivity index (χ2v) is 4.05. The lowest BCUT2D eigenvalue weighted by molar-refractivity contribution is 0.477. The van der Waals surface area contributed by atoms with Crippen molar-refractivity contribution in [3.8, 4) is 0 Å². The van der Waals surface area contributed by atoms with E-state index in [0.29, 0.717) is 0 Å². The van der Waals surface area contributed by atoms with E-state index in [0.717, 1.165) is 11.4 Å². The normalized spacial score (nSPS) is 12.9. The van der Waals surface area contributed by atoms with Crippen molar-refractivity contribution in [1.82, 2.24) is 30.3 Å². The molecule has 90 valence electrons. The summed E-state index contributed by atoms with van der Waals surface area (Å²) in [6.07, 6.45) is 4.99. The third-order valence-electron chi connectivity index (χ3n) is 2.58. The summed E-state index contributed by atoms with van der Waals surface area (Å²) < 4.78 is 1.90. The molecule has 0 aromatic carbocycles. The third kappa shape index (κ3) is 2.31. The summed E-state index contributed by atoms with van der Waals surface area (Å²) in [7, 11) is 1.89. The quantitative estimate of drug-likeness (QED) is 0.850. The summed E-state index contributed by atoms with van der Waals surface area (Å²) in [5.41, 5.74) is 1.03. The lowest BCUT2D eigenvalue weighted by Gasteiger charge is -2.18. The highest BCUT2D eigenvalue weighted by Gasteiger charge is 2.19. The average molecular weight is 232 g/mol. The molecule has 1 atom stereocenters. The van der Waals surface area contributed by atoms with Crippen molar-refractivity contribution < 1.29 is 0 Å². The Morgan fingerprint density at radius 1 is 1.29 bits per heavy atom. The highest BCUT2D eigenvalue weighted by Crippen LogP contribution is 2.20. The first-order valence-corrected chi connectivity index (χ1v) is 5.57.